The van der Waals surface area contributed by atoms with Crippen molar-refractivity contribution in [3.63, 3.8) is 0 Å². The Kier molecular flexibility index (Phi) is 3.77. The molecule has 0 amide bonds. The van der Waals surface area contributed by atoms with Crippen molar-refractivity contribution in [2.24, 2.45) is 5.92 Å². The van der Waals surface area contributed by atoms with Gasteiger partial charge < -0.3 is 11.1 Å². The van der Waals surface area contributed by atoms with E-state index < -0.39 is 0 Å². The van der Waals surface area contributed by atoms with E-state index in [0.29, 0.717) is 12.0 Å². The van der Waals surface area contributed by atoms with Gasteiger partial charge in [-0.15, -0.1) is 5.10 Å². The Bertz CT molecular complexity index is 316. The lowest BCUT2D eigenvalue weighted by Gasteiger charge is -2.22. The van der Waals surface area contributed by atoms with Gasteiger partial charge in [0.25, 0.3) is 0 Å². The topological polar surface area (TPSA) is 79.6 Å². The second kappa shape index (κ2) is 5.30. The molecule has 0 bridgehead atoms. The summed E-state index contributed by atoms with van der Waals surface area (Å²) in [4.78, 5) is 4.09. The van der Waals surface area contributed by atoms with Gasteiger partial charge in [0.1, 0.15) is 5.82 Å². The van der Waals surface area contributed by atoms with Crippen molar-refractivity contribution in [3.8, 4) is 0 Å². The number of H-pyrrole nitrogens is 1. The third-order valence-electron chi connectivity index (χ3n) is 3.49. The first-order chi connectivity index (χ1) is 7.79. The second-order valence-electron chi connectivity index (χ2n) is 4.58. The smallest absolute Gasteiger partial charge is 0.239 e. The van der Waals surface area contributed by atoms with Crippen LogP contribution in [0.2, 0.25) is 0 Å². The number of nitrogens with one attached hydrogen (secondary N) is 2. The maximum atomic E-state index is 5.46. The van der Waals surface area contributed by atoms with Gasteiger partial charge in [-0.25, -0.2) is 0 Å². The number of hydrogen-bond donors (Lipinski definition) is 3. The van der Waals surface area contributed by atoms with E-state index in [4.69, 9.17) is 5.73 Å². The van der Waals surface area contributed by atoms with Crippen molar-refractivity contribution in [2.45, 2.75) is 51.6 Å². The molecule has 0 aromatic carbocycles. The van der Waals surface area contributed by atoms with Crippen LogP contribution in [0.5, 0.6) is 0 Å². The first-order valence-electron chi connectivity index (χ1n) is 6.19. The van der Waals surface area contributed by atoms with E-state index in [1.807, 2.05) is 0 Å². The molecule has 1 fully saturated rings. The third-order valence-corrected chi connectivity index (χ3v) is 3.49. The highest BCUT2D eigenvalue weighted by Crippen LogP contribution is 2.28. The summed E-state index contributed by atoms with van der Waals surface area (Å²) in [5, 5.41) is 10.2. The predicted octanol–water partition coefficient (Wildman–Crippen LogP) is 1.45. The molecule has 1 heterocycles. The number of nitrogens with zero attached hydrogens (tertiary/aromatic N) is 2. The van der Waals surface area contributed by atoms with Crippen LogP contribution in [0.3, 0.4) is 0 Å². The van der Waals surface area contributed by atoms with Crippen LogP contribution in [0.25, 0.3) is 0 Å². The van der Waals surface area contributed by atoms with Crippen LogP contribution in [0.4, 0.5) is 5.95 Å². The molecule has 1 aromatic heterocycles. The average Bonchev–Trinajstić information content (AvgIpc) is 2.91. The van der Waals surface area contributed by atoms with Crippen LogP contribution in [0.15, 0.2) is 0 Å². The lowest BCUT2D eigenvalue weighted by atomic mass is 9.96. The molecule has 5 nitrogen and oxygen atoms in total. The fraction of sp³-hybridized carbons (Fsp3) is 0.818. The summed E-state index contributed by atoms with van der Waals surface area (Å²) in [5.74, 6) is 1.99. The molecule has 1 aliphatic carbocycles. The summed E-state index contributed by atoms with van der Waals surface area (Å²) >= 11 is 0. The fourth-order valence-electron chi connectivity index (χ4n) is 2.62. The van der Waals surface area contributed by atoms with Crippen molar-refractivity contribution in [1.82, 2.24) is 20.5 Å². The lowest BCUT2D eigenvalue weighted by Crippen LogP contribution is -2.34. The van der Waals surface area contributed by atoms with Crippen LogP contribution in [-0.4, -0.2) is 21.2 Å². The highest BCUT2D eigenvalue weighted by atomic mass is 15.3. The molecular weight excluding hydrogens is 202 g/mol. The average molecular weight is 223 g/mol. The van der Waals surface area contributed by atoms with Gasteiger partial charge in [0.15, 0.2) is 0 Å². The molecule has 5 heteroatoms. The van der Waals surface area contributed by atoms with Gasteiger partial charge in [0.05, 0.1) is 6.54 Å². The number of nitrogens with two attached hydrogens (primary N) is 1. The number of aromatic amines is 1. The van der Waals surface area contributed by atoms with Crippen LogP contribution in [0.1, 0.15) is 44.9 Å². The second-order valence-corrected chi connectivity index (χ2v) is 4.58. The Morgan fingerprint density at radius 3 is 2.81 bits per heavy atom. The lowest BCUT2D eigenvalue weighted by molar-refractivity contribution is 0.345. The molecule has 0 radical (unpaired) electrons. The number of aromatic nitrogens is 3. The van der Waals surface area contributed by atoms with Gasteiger partial charge >= 0.3 is 0 Å². The minimum Gasteiger partial charge on any atom is -0.367 e. The molecule has 2 rings (SSSR count). The van der Waals surface area contributed by atoms with E-state index in [2.05, 4.69) is 27.4 Å². The van der Waals surface area contributed by atoms with E-state index in [1.54, 1.807) is 0 Å². The third kappa shape index (κ3) is 2.72. The Hall–Kier alpha value is -1.10. The van der Waals surface area contributed by atoms with E-state index in [-0.39, 0.29) is 0 Å². The molecular formula is C11H21N5. The fourth-order valence-corrected chi connectivity index (χ4v) is 2.62. The van der Waals surface area contributed by atoms with Gasteiger partial charge in [-0.3, -0.25) is 5.10 Å². The Morgan fingerprint density at radius 1 is 1.50 bits per heavy atom. The normalized spacial score (nSPS) is 19.1. The number of rotatable bonds is 5. The molecule has 90 valence electrons. The van der Waals surface area contributed by atoms with Crippen LogP contribution < -0.4 is 11.1 Å². The van der Waals surface area contributed by atoms with Crippen molar-refractivity contribution < 1.29 is 0 Å². The molecule has 0 spiro atoms. The molecule has 1 atom stereocenters. The summed E-state index contributed by atoms with van der Waals surface area (Å²) in [5.41, 5.74) is 5.46. The standard InChI is InChI=1S/C11H21N5/c1-2-9(8-5-3-4-6-8)13-7-10-14-11(12)16-15-10/h8-9,13H,2-7H2,1H3,(H3,12,14,15,16)/t9-/m0/s1. The summed E-state index contributed by atoms with van der Waals surface area (Å²) in [6, 6.07) is 0.605. The van der Waals surface area contributed by atoms with E-state index in [1.165, 1.54) is 32.1 Å². The molecule has 16 heavy (non-hydrogen) atoms. The molecule has 0 aliphatic heterocycles. The summed E-state index contributed by atoms with van der Waals surface area (Å²) < 4.78 is 0. The Morgan fingerprint density at radius 2 is 2.25 bits per heavy atom. The molecule has 1 saturated carbocycles. The quantitative estimate of drug-likeness (QED) is 0.705. The number of anilines is 1. The molecule has 1 aromatic rings. The van der Waals surface area contributed by atoms with E-state index in [0.717, 1.165) is 18.3 Å². The maximum Gasteiger partial charge on any atom is 0.239 e. The highest BCUT2D eigenvalue weighted by molar-refractivity contribution is 5.12. The van der Waals surface area contributed by atoms with Gasteiger partial charge in [-0.05, 0) is 25.2 Å². The SMILES string of the molecule is CC[C@H](NCc1nc(N)n[nH]1)C1CCCC1. The van der Waals surface area contributed by atoms with Gasteiger partial charge in [0.2, 0.25) is 5.95 Å². The van der Waals surface area contributed by atoms with Crippen molar-refractivity contribution in [3.05, 3.63) is 5.82 Å². The maximum absolute atomic E-state index is 5.46. The van der Waals surface area contributed by atoms with Gasteiger partial charge in [0, 0.05) is 6.04 Å². The molecule has 1 aliphatic rings. The zero-order valence-electron chi connectivity index (χ0n) is 9.87. The van der Waals surface area contributed by atoms with Crippen LogP contribution >= 0.6 is 0 Å². The molecule has 0 unspecified atom stereocenters. The number of nitrogen functional groups attached to an aromatic ring is 1. The highest BCUT2D eigenvalue weighted by Gasteiger charge is 2.23. The minimum atomic E-state index is 0.325. The van der Waals surface area contributed by atoms with Crippen molar-refractivity contribution >= 4 is 5.95 Å². The summed E-state index contributed by atoms with van der Waals surface area (Å²) in [6.07, 6.45) is 6.68. The van der Waals surface area contributed by atoms with Crippen molar-refractivity contribution in [1.29, 1.82) is 0 Å². The predicted molar refractivity (Wildman–Crippen MR) is 63.7 cm³/mol. The van der Waals surface area contributed by atoms with Gasteiger partial charge in [-0.1, -0.05) is 19.8 Å². The summed E-state index contributed by atoms with van der Waals surface area (Å²) in [7, 11) is 0. The van der Waals surface area contributed by atoms with Gasteiger partial charge in [-0.2, -0.15) is 4.98 Å². The van der Waals surface area contributed by atoms with E-state index in [9.17, 15) is 0 Å². The zero-order chi connectivity index (χ0) is 11.4. The minimum absolute atomic E-state index is 0.325. The largest absolute Gasteiger partial charge is 0.367 e. The first-order valence-corrected chi connectivity index (χ1v) is 6.19. The monoisotopic (exact) mass is 223 g/mol. The zero-order valence-corrected chi connectivity index (χ0v) is 9.87. The number of hydrogen-bond acceptors (Lipinski definition) is 4. The summed E-state index contributed by atoms with van der Waals surface area (Å²) in [6.45, 7) is 2.98. The van der Waals surface area contributed by atoms with Crippen LogP contribution in [-0.2, 0) is 6.54 Å². The Balaban J connectivity index is 1.82. The molecule has 4 N–H and O–H groups in total. The van der Waals surface area contributed by atoms with Crippen LogP contribution in [0, 0.1) is 5.92 Å². The van der Waals surface area contributed by atoms with E-state index >= 15 is 0 Å². The first kappa shape index (κ1) is 11.4. The van der Waals surface area contributed by atoms with Crippen molar-refractivity contribution in [2.75, 3.05) is 5.73 Å². The Labute approximate surface area is 96.2 Å². The molecule has 0 saturated heterocycles.